The fourth-order valence-corrected chi connectivity index (χ4v) is 8.50. The Morgan fingerprint density at radius 1 is 0.460 bits per heavy atom. The van der Waals surface area contributed by atoms with E-state index in [2.05, 4.69) is 194 Å². The van der Waals surface area contributed by atoms with Crippen molar-refractivity contribution in [3.05, 3.63) is 210 Å². The molecule has 0 radical (unpaired) electrons. The van der Waals surface area contributed by atoms with Gasteiger partial charge < -0.3 is 9.64 Å². The number of aryl methyl sites for hydroxylation is 1. The average molecular weight is 640 g/mol. The third-order valence-corrected chi connectivity index (χ3v) is 10.7. The number of anilines is 3. The van der Waals surface area contributed by atoms with Crippen LogP contribution in [0.5, 0.6) is 11.5 Å². The molecule has 0 bridgehead atoms. The highest BCUT2D eigenvalue weighted by molar-refractivity contribution is 6.00. The second kappa shape index (κ2) is 11.1. The zero-order valence-corrected chi connectivity index (χ0v) is 27.7. The van der Waals surface area contributed by atoms with Crippen LogP contribution in [0, 0.1) is 6.92 Å². The van der Waals surface area contributed by atoms with Crippen LogP contribution < -0.4 is 9.64 Å². The molecule has 0 aromatic heterocycles. The molecule has 1 aliphatic heterocycles. The lowest BCUT2D eigenvalue weighted by Crippen LogP contribution is -2.32. The van der Waals surface area contributed by atoms with Gasteiger partial charge in [0.05, 0.1) is 11.1 Å². The molecule has 1 unspecified atom stereocenters. The van der Waals surface area contributed by atoms with E-state index in [1.165, 1.54) is 55.5 Å². The Bertz CT molecular complexity index is 2590. The molecule has 0 N–H and O–H groups in total. The lowest BCUT2D eigenvalue weighted by Gasteiger charge is -2.40. The first-order chi connectivity index (χ1) is 24.7. The quantitative estimate of drug-likeness (QED) is 0.190. The van der Waals surface area contributed by atoms with Crippen molar-refractivity contribution in [1.29, 1.82) is 0 Å². The van der Waals surface area contributed by atoms with Crippen molar-refractivity contribution < 1.29 is 4.74 Å². The predicted octanol–water partition coefficient (Wildman–Crippen LogP) is 12.8. The number of hydrogen-bond acceptors (Lipinski definition) is 2. The van der Waals surface area contributed by atoms with Crippen molar-refractivity contribution in [1.82, 2.24) is 0 Å². The largest absolute Gasteiger partial charge is 0.456 e. The second-order valence-electron chi connectivity index (χ2n) is 13.3. The Labute approximate surface area is 292 Å². The van der Waals surface area contributed by atoms with Gasteiger partial charge in [-0.2, -0.15) is 0 Å². The topological polar surface area (TPSA) is 12.5 Å². The third-order valence-electron chi connectivity index (χ3n) is 10.7. The van der Waals surface area contributed by atoms with Crippen LogP contribution >= 0.6 is 0 Å². The van der Waals surface area contributed by atoms with Crippen LogP contribution in [-0.4, -0.2) is 0 Å². The summed E-state index contributed by atoms with van der Waals surface area (Å²) < 4.78 is 6.88. The van der Waals surface area contributed by atoms with E-state index in [9.17, 15) is 0 Å². The Balaban J connectivity index is 1.28. The molecule has 236 valence electrons. The van der Waals surface area contributed by atoms with Crippen LogP contribution in [0.4, 0.5) is 17.1 Å². The summed E-state index contributed by atoms with van der Waals surface area (Å²) in [5.74, 6) is 1.83. The van der Waals surface area contributed by atoms with Crippen molar-refractivity contribution >= 4 is 27.8 Å². The first kappa shape index (κ1) is 28.6. The van der Waals surface area contributed by atoms with Crippen LogP contribution in [0.2, 0.25) is 0 Å². The summed E-state index contributed by atoms with van der Waals surface area (Å²) in [4.78, 5) is 2.45. The Morgan fingerprint density at radius 3 is 1.98 bits per heavy atom. The van der Waals surface area contributed by atoms with Gasteiger partial charge in [0.15, 0.2) is 0 Å². The highest BCUT2D eigenvalue weighted by atomic mass is 16.5. The number of rotatable bonds is 4. The standard InChI is InChI=1S/C48H33NO/c1-32-14-5-11-23-43(32)49(36-29-26-34(27-30-36)33-15-3-2-4-16-33)44-24-13-22-41-46(44)38-19-8-9-20-39(38)48(41)40-21-10-12-25-45(40)50-47-37-18-7-6-17-35(37)28-31-42(47)48/h2-31H,1H3. The Hall–Kier alpha value is -6.38. The van der Waals surface area contributed by atoms with Gasteiger partial charge in [-0.15, -0.1) is 0 Å². The SMILES string of the molecule is Cc1ccccc1N(c1ccc(-c2ccccc2)cc1)c1cccc2c1-c1ccccc1C21c2ccccc2Oc2c1ccc1ccccc21. The normalized spacial score (nSPS) is 15.1. The maximum absolute atomic E-state index is 6.88. The Morgan fingerprint density at radius 2 is 1.12 bits per heavy atom. The van der Waals surface area contributed by atoms with E-state index in [-0.39, 0.29) is 0 Å². The number of para-hydroxylation sites is 2. The fraction of sp³-hybridized carbons (Fsp3) is 0.0417. The molecular weight excluding hydrogens is 607 g/mol. The van der Waals surface area contributed by atoms with E-state index in [1.54, 1.807) is 0 Å². The van der Waals surface area contributed by atoms with Crippen LogP contribution in [0.3, 0.4) is 0 Å². The van der Waals surface area contributed by atoms with Gasteiger partial charge in [-0.05, 0) is 76.0 Å². The first-order valence-electron chi connectivity index (χ1n) is 17.3. The minimum Gasteiger partial charge on any atom is -0.456 e. The molecule has 1 spiro atoms. The summed E-state index contributed by atoms with van der Waals surface area (Å²) in [6.07, 6.45) is 0. The van der Waals surface area contributed by atoms with Gasteiger partial charge in [0.1, 0.15) is 11.5 Å². The second-order valence-corrected chi connectivity index (χ2v) is 13.3. The van der Waals surface area contributed by atoms with Gasteiger partial charge in [-0.3, -0.25) is 0 Å². The van der Waals surface area contributed by atoms with Crippen LogP contribution in [-0.2, 0) is 5.41 Å². The zero-order chi connectivity index (χ0) is 33.2. The van der Waals surface area contributed by atoms with Crippen molar-refractivity contribution in [2.24, 2.45) is 0 Å². The number of fused-ring (bicyclic) bond motifs is 11. The summed E-state index contributed by atoms with van der Waals surface area (Å²) in [5, 5.41) is 2.30. The highest BCUT2D eigenvalue weighted by Gasteiger charge is 2.52. The van der Waals surface area contributed by atoms with Crippen LogP contribution in [0.25, 0.3) is 33.0 Å². The van der Waals surface area contributed by atoms with Crippen LogP contribution in [0.15, 0.2) is 182 Å². The summed E-state index contributed by atoms with van der Waals surface area (Å²) in [6.45, 7) is 2.20. The predicted molar refractivity (Wildman–Crippen MR) is 206 cm³/mol. The average Bonchev–Trinajstić information content (AvgIpc) is 3.47. The van der Waals surface area contributed by atoms with Crippen molar-refractivity contribution in [3.8, 4) is 33.8 Å². The monoisotopic (exact) mass is 639 g/mol. The van der Waals surface area contributed by atoms with Crippen molar-refractivity contribution in [3.63, 3.8) is 0 Å². The molecular formula is C48H33NO. The van der Waals surface area contributed by atoms with E-state index < -0.39 is 5.41 Å². The molecule has 8 aromatic rings. The molecule has 10 rings (SSSR count). The van der Waals surface area contributed by atoms with Gasteiger partial charge in [0.2, 0.25) is 0 Å². The number of nitrogens with zero attached hydrogens (tertiary/aromatic N) is 1. The van der Waals surface area contributed by atoms with Gasteiger partial charge in [-0.25, -0.2) is 0 Å². The third kappa shape index (κ3) is 4.02. The lowest BCUT2D eigenvalue weighted by atomic mass is 9.65. The van der Waals surface area contributed by atoms with E-state index >= 15 is 0 Å². The lowest BCUT2D eigenvalue weighted by molar-refractivity contribution is 0.441. The zero-order valence-electron chi connectivity index (χ0n) is 27.7. The molecule has 1 aliphatic carbocycles. The van der Waals surface area contributed by atoms with Gasteiger partial charge >= 0.3 is 0 Å². The smallest absolute Gasteiger partial charge is 0.140 e. The number of benzene rings is 8. The van der Waals surface area contributed by atoms with Gasteiger partial charge in [-0.1, -0.05) is 152 Å². The molecule has 0 fully saturated rings. The summed E-state index contributed by atoms with van der Waals surface area (Å²) in [6, 6.07) is 65.9. The van der Waals surface area contributed by atoms with E-state index in [4.69, 9.17) is 4.74 Å². The van der Waals surface area contributed by atoms with E-state index in [0.29, 0.717) is 0 Å². The molecule has 8 aromatic carbocycles. The molecule has 2 heteroatoms. The molecule has 0 saturated carbocycles. The summed E-state index contributed by atoms with van der Waals surface area (Å²) in [5.41, 5.74) is 13.9. The van der Waals surface area contributed by atoms with Crippen LogP contribution in [0.1, 0.15) is 27.8 Å². The summed E-state index contributed by atoms with van der Waals surface area (Å²) in [7, 11) is 0. The van der Waals surface area contributed by atoms with Gasteiger partial charge in [0.25, 0.3) is 0 Å². The number of hydrogen-bond donors (Lipinski definition) is 0. The van der Waals surface area contributed by atoms with Crippen molar-refractivity contribution in [2.75, 3.05) is 4.90 Å². The minimum absolute atomic E-state index is 0.565. The molecule has 0 saturated heterocycles. The first-order valence-corrected chi connectivity index (χ1v) is 17.3. The maximum Gasteiger partial charge on any atom is 0.140 e. The molecule has 0 amide bonds. The highest BCUT2D eigenvalue weighted by Crippen LogP contribution is 2.64. The Kier molecular flexibility index (Phi) is 6.34. The van der Waals surface area contributed by atoms with Gasteiger partial charge in [0, 0.05) is 33.5 Å². The van der Waals surface area contributed by atoms with E-state index in [0.717, 1.165) is 33.9 Å². The molecule has 2 aliphatic rings. The molecule has 1 atom stereocenters. The molecule has 50 heavy (non-hydrogen) atoms. The molecule has 1 heterocycles. The number of ether oxygens (including phenoxy) is 1. The maximum atomic E-state index is 6.88. The molecule has 2 nitrogen and oxygen atoms in total. The fourth-order valence-electron chi connectivity index (χ4n) is 8.50. The summed E-state index contributed by atoms with van der Waals surface area (Å²) >= 11 is 0. The minimum atomic E-state index is -0.565. The van der Waals surface area contributed by atoms with Crippen molar-refractivity contribution in [2.45, 2.75) is 12.3 Å². The van der Waals surface area contributed by atoms with E-state index in [1.807, 2.05) is 0 Å².